The minimum absolute atomic E-state index is 0.197. The van der Waals surface area contributed by atoms with Gasteiger partial charge in [-0.05, 0) is 24.3 Å². The number of benzene rings is 3. The molecule has 33 heavy (non-hydrogen) atoms. The summed E-state index contributed by atoms with van der Waals surface area (Å²) in [5.41, 5.74) is 3.39. The Morgan fingerprint density at radius 1 is 0.939 bits per heavy atom. The van der Waals surface area contributed by atoms with E-state index in [2.05, 4.69) is 42.0 Å². The third kappa shape index (κ3) is 5.04. The van der Waals surface area contributed by atoms with Crippen LogP contribution in [0.5, 0.6) is 0 Å². The van der Waals surface area contributed by atoms with Crippen molar-refractivity contribution in [1.29, 1.82) is 0 Å². The van der Waals surface area contributed by atoms with E-state index >= 15 is 0 Å². The Morgan fingerprint density at radius 2 is 1.61 bits per heavy atom. The van der Waals surface area contributed by atoms with Crippen LogP contribution in [0.1, 0.15) is 27.7 Å². The minimum Gasteiger partial charge on any atom is -0.335 e. The van der Waals surface area contributed by atoms with E-state index in [4.69, 9.17) is 0 Å². The molecule has 0 aliphatic carbocycles. The highest BCUT2D eigenvalue weighted by Crippen LogP contribution is 2.20. The van der Waals surface area contributed by atoms with Crippen molar-refractivity contribution in [2.75, 3.05) is 0 Å². The second-order valence-electron chi connectivity index (χ2n) is 7.01. The first kappa shape index (κ1) is 22.1. The number of carbonyl (C=O) groups excluding carboxylic acids is 2. The number of hydrazone groups is 1. The van der Waals surface area contributed by atoms with Crippen molar-refractivity contribution in [3.05, 3.63) is 111 Å². The van der Waals surface area contributed by atoms with Crippen molar-refractivity contribution < 1.29 is 9.59 Å². The zero-order valence-corrected chi connectivity index (χ0v) is 18.7. The first-order valence-corrected chi connectivity index (χ1v) is 10.7. The zero-order valence-electron chi connectivity index (χ0n) is 17.2. The van der Waals surface area contributed by atoms with Gasteiger partial charge in [0.15, 0.2) is 6.04 Å². The number of carbonyl (C=O) groups is 2. The highest BCUT2D eigenvalue weighted by Gasteiger charge is 2.27. The van der Waals surface area contributed by atoms with E-state index in [1.807, 2.05) is 24.3 Å². The molecule has 164 valence electrons. The van der Waals surface area contributed by atoms with Crippen LogP contribution in [0.3, 0.4) is 0 Å². The molecule has 8 nitrogen and oxygen atoms in total. The number of hydrogen-bond acceptors (Lipinski definition) is 5. The van der Waals surface area contributed by atoms with Gasteiger partial charge in [0.1, 0.15) is 5.69 Å². The van der Waals surface area contributed by atoms with Crippen LogP contribution in [-0.2, 0) is 4.79 Å². The van der Waals surface area contributed by atoms with E-state index in [-0.39, 0.29) is 5.69 Å². The molecule has 0 fully saturated rings. The number of aromatic amines is 1. The van der Waals surface area contributed by atoms with Crippen molar-refractivity contribution >= 4 is 44.7 Å². The average Bonchev–Trinajstić information content (AvgIpc) is 2.85. The van der Waals surface area contributed by atoms with E-state index in [0.717, 1.165) is 10.0 Å². The van der Waals surface area contributed by atoms with E-state index in [1.165, 1.54) is 6.21 Å². The standard InChI is InChI=1S/C24H18BrN5O3/c25-19-13-7-4-10-16(19)14-26-29-24(33)21(27-22(31)15-8-2-1-3-9-15)20-17-11-5-6-12-18(17)23(32)30-28-20/h1-14,21H,(H,27,31)(H,29,33)(H,30,32). The molecule has 0 radical (unpaired) electrons. The van der Waals surface area contributed by atoms with Crippen molar-refractivity contribution in [2.45, 2.75) is 6.04 Å². The molecule has 1 aromatic heterocycles. The number of aromatic nitrogens is 2. The van der Waals surface area contributed by atoms with Gasteiger partial charge < -0.3 is 5.32 Å². The predicted octanol–water partition coefficient (Wildman–Crippen LogP) is 3.31. The summed E-state index contributed by atoms with van der Waals surface area (Å²) >= 11 is 3.42. The first-order chi connectivity index (χ1) is 16.0. The summed E-state index contributed by atoms with van der Waals surface area (Å²) in [4.78, 5) is 38.2. The maximum Gasteiger partial charge on any atom is 0.272 e. The molecule has 2 amide bonds. The topological polar surface area (TPSA) is 116 Å². The Morgan fingerprint density at radius 3 is 2.36 bits per heavy atom. The van der Waals surface area contributed by atoms with Gasteiger partial charge in [0.25, 0.3) is 17.4 Å². The van der Waals surface area contributed by atoms with E-state index in [9.17, 15) is 14.4 Å². The predicted molar refractivity (Wildman–Crippen MR) is 129 cm³/mol. The van der Waals surface area contributed by atoms with Crippen LogP contribution >= 0.6 is 15.9 Å². The molecule has 1 heterocycles. The maximum atomic E-state index is 13.1. The summed E-state index contributed by atoms with van der Waals surface area (Å²) in [6.45, 7) is 0. The molecule has 3 N–H and O–H groups in total. The molecule has 0 saturated heterocycles. The number of fused-ring (bicyclic) bond motifs is 1. The molecule has 4 aromatic rings. The molecule has 0 bridgehead atoms. The summed E-state index contributed by atoms with van der Waals surface area (Å²) in [5, 5.41) is 14.0. The molecule has 0 aliphatic heterocycles. The summed E-state index contributed by atoms with van der Waals surface area (Å²) in [6.07, 6.45) is 1.48. The monoisotopic (exact) mass is 503 g/mol. The number of hydrogen-bond donors (Lipinski definition) is 3. The molecule has 1 atom stereocenters. The van der Waals surface area contributed by atoms with Gasteiger partial charge in [-0.1, -0.05) is 70.5 Å². The van der Waals surface area contributed by atoms with Gasteiger partial charge in [0.05, 0.1) is 11.6 Å². The lowest BCUT2D eigenvalue weighted by Crippen LogP contribution is -2.40. The van der Waals surface area contributed by atoms with Crippen molar-refractivity contribution in [1.82, 2.24) is 20.9 Å². The molecule has 0 spiro atoms. The quantitative estimate of drug-likeness (QED) is 0.276. The minimum atomic E-state index is -1.21. The summed E-state index contributed by atoms with van der Waals surface area (Å²) in [5.74, 6) is -1.09. The largest absolute Gasteiger partial charge is 0.335 e. The number of H-pyrrole nitrogens is 1. The van der Waals surface area contributed by atoms with Crippen LogP contribution in [0.15, 0.2) is 93.2 Å². The number of nitrogens with zero attached hydrogens (tertiary/aromatic N) is 2. The SMILES string of the molecule is O=C(NC(C(=O)NN=Cc1ccccc1Br)c1n[nH]c(=O)c2ccccc12)c1ccccc1. The molecular formula is C24H18BrN5O3. The number of halogens is 1. The van der Waals surface area contributed by atoms with Crippen molar-refractivity contribution in [2.24, 2.45) is 5.10 Å². The smallest absolute Gasteiger partial charge is 0.272 e. The lowest BCUT2D eigenvalue weighted by Gasteiger charge is -2.18. The fourth-order valence-electron chi connectivity index (χ4n) is 3.23. The van der Waals surface area contributed by atoms with Crippen LogP contribution in [-0.4, -0.2) is 28.2 Å². The number of rotatable bonds is 6. The molecule has 1 unspecified atom stereocenters. The van der Waals surface area contributed by atoms with Crippen LogP contribution in [0.4, 0.5) is 0 Å². The second-order valence-corrected chi connectivity index (χ2v) is 7.87. The third-order valence-electron chi connectivity index (χ3n) is 4.86. The van der Waals surface area contributed by atoms with Gasteiger partial charge in [-0.15, -0.1) is 0 Å². The maximum absolute atomic E-state index is 13.1. The third-order valence-corrected chi connectivity index (χ3v) is 5.58. The normalized spacial score (nSPS) is 11.9. The fourth-order valence-corrected chi connectivity index (χ4v) is 3.61. The summed E-state index contributed by atoms with van der Waals surface area (Å²) < 4.78 is 0.810. The molecular weight excluding hydrogens is 486 g/mol. The highest BCUT2D eigenvalue weighted by molar-refractivity contribution is 9.10. The highest BCUT2D eigenvalue weighted by atomic mass is 79.9. The Kier molecular flexibility index (Phi) is 6.70. The van der Waals surface area contributed by atoms with Crippen LogP contribution in [0.2, 0.25) is 0 Å². The summed E-state index contributed by atoms with van der Waals surface area (Å²) in [7, 11) is 0. The average molecular weight is 504 g/mol. The Labute approximate surface area is 196 Å². The van der Waals surface area contributed by atoms with Gasteiger partial charge in [-0.3, -0.25) is 14.4 Å². The van der Waals surface area contributed by atoms with Crippen LogP contribution in [0.25, 0.3) is 10.8 Å². The lowest BCUT2D eigenvalue weighted by atomic mass is 10.0. The van der Waals surface area contributed by atoms with Gasteiger partial charge >= 0.3 is 0 Å². The van der Waals surface area contributed by atoms with Crippen LogP contribution < -0.4 is 16.3 Å². The number of nitrogens with one attached hydrogen (secondary N) is 3. The Balaban J connectivity index is 1.68. The fraction of sp³-hybridized carbons (Fsp3) is 0.0417. The van der Waals surface area contributed by atoms with Gasteiger partial charge in [0.2, 0.25) is 0 Å². The second kappa shape index (κ2) is 10.0. The lowest BCUT2D eigenvalue weighted by molar-refractivity contribution is -0.123. The van der Waals surface area contributed by atoms with E-state index < -0.39 is 23.4 Å². The van der Waals surface area contributed by atoms with E-state index in [1.54, 1.807) is 54.6 Å². The number of amides is 2. The zero-order chi connectivity index (χ0) is 23.2. The van der Waals surface area contributed by atoms with Gasteiger partial charge in [0, 0.05) is 21.0 Å². The van der Waals surface area contributed by atoms with Crippen LogP contribution in [0, 0.1) is 0 Å². The molecule has 9 heteroatoms. The Hall–Kier alpha value is -4.11. The van der Waals surface area contributed by atoms with Crippen molar-refractivity contribution in [3.63, 3.8) is 0 Å². The first-order valence-electron chi connectivity index (χ1n) is 9.95. The van der Waals surface area contributed by atoms with E-state index in [0.29, 0.717) is 16.3 Å². The van der Waals surface area contributed by atoms with Gasteiger partial charge in [-0.25, -0.2) is 10.5 Å². The Bertz CT molecular complexity index is 1400. The van der Waals surface area contributed by atoms with Gasteiger partial charge in [-0.2, -0.15) is 10.2 Å². The molecule has 0 saturated carbocycles. The molecule has 4 rings (SSSR count). The summed E-state index contributed by atoms with van der Waals surface area (Å²) in [6, 6.07) is 21.4. The molecule has 3 aromatic carbocycles. The molecule has 0 aliphatic rings. The van der Waals surface area contributed by atoms with Crippen molar-refractivity contribution in [3.8, 4) is 0 Å².